The molecule has 0 spiro atoms. The molecule has 0 amide bonds. The highest BCUT2D eigenvalue weighted by Crippen LogP contribution is 2.27. The van der Waals surface area contributed by atoms with Crippen molar-refractivity contribution in [3.05, 3.63) is 27.7 Å². The van der Waals surface area contributed by atoms with Crippen LogP contribution in [0.25, 0.3) is 0 Å². The first-order valence-electron chi connectivity index (χ1n) is 6.88. The number of nitrogens with zero attached hydrogens (tertiary/aromatic N) is 1. The number of rotatable bonds is 8. The molecule has 0 aliphatic rings. The maximum atomic E-state index is 5.91. The zero-order chi connectivity index (χ0) is 15.2. The quantitative estimate of drug-likeness (QED) is 0.763. The Kier molecular flexibility index (Phi) is 7.30. The lowest BCUT2D eigenvalue weighted by molar-refractivity contribution is 0.160. The second-order valence-corrected chi connectivity index (χ2v) is 6.95. The minimum atomic E-state index is 0.136. The van der Waals surface area contributed by atoms with Crippen LogP contribution in [0.1, 0.15) is 20.8 Å². The molecular formula is C15H24BrClN2O. The Hall–Kier alpha value is -0.290. The highest BCUT2D eigenvalue weighted by Gasteiger charge is 2.19. The highest BCUT2D eigenvalue weighted by atomic mass is 79.9. The molecule has 114 valence electrons. The molecule has 0 saturated carbocycles. The zero-order valence-electron chi connectivity index (χ0n) is 12.5. The van der Waals surface area contributed by atoms with Crippen molar-refractivity contribution >= 4 is 27.5 Å². The molecule has 0 aliphatic carbocycles. The Morgan fingerprint density at radius 2 is 2.10 bits per heavy atom. The van der Waals surface area contributed by atoms with Gasteiger partial charge in [0, 0.05) is 18.1 Å². The summed E-state index contributed by atoms with van der Waals surface area (Å²) in [5.41, 5.74) is 5.92. The molecule has 1 rings (SSSR count). The van der Waals surface area contributed by atoms with Crippen molar-refractivity contribution in [1.29, 1.82) is 0 Å². The molecule has 5 heteroatoms. The molecule has 0 saturated heterocycles. The minimum absolute atomic E-state index is 0.136. The molecule has 20 heavy (non-hydrogen) atoms. The van der Waals surface area contributed by atoms with E-state index < -0.39 is 0 Å². The first kappa shape index (κ1) is 17.8. The number of nitrogens with two attached hydrogens (primary N) is 1. The van der Waals surface area contributed by atoms with Gasteiger partial charge in [0.05, 0.1) is 4.47 Å². The van der Waals surface area contributed by atoms with Gasteiger partial charge in [-0.05, 0) is 52.6 Å². The number of benzene rings is 1. The first-order chi connectivity index (χ1) is 9.38. The molecule has 0 aliphatic heterocycles. The van der Waals surface area contributed by atoms with Crippen LogP contribution in [-0.4, -0.2) is 37.7 Å². The lowest BCUT2D eigenvalue weighted by atomic mass is 9.93. The molecular weight excluding hydrogens is 340 g/mol. The molecule has 0 bridgehead atoms. The maximum Gasteiger partial charge on any atom is 0.133 e. The topological polar surface area (TPSA) is 38.5 Å². The largest absolute Gasteiger partial charge is 0.491 e. The number of ether oxygens (including phenoxy) is 1. The predicted octanol–water partition coefficient (Wildman–Crippen LogP) is 3.79. The fraction of sp³-hybridized carbons (Fsp3) is 0.600. The van der Waals surface area contributed by atoms with Gasteiger partial charge in [-0.1, -0.05) is 32.4 Å². The lowest BCUT2D eigenvalue weighted by Gasteiger charge is -2.30. The summed E-state index contributed by atoms with van der Waals surface area (Å²) >= 11 is 9.36. The Morgan fingerprint density at radius 1 is 1.40 bits per heavy atom. The normalized spacial score (nSPS) is 11.9. The summed E-state index contributed by atoms with van der Waals surface area (Å²) in [4.78, 5) is 2.36. The number of likely N-dealkylation sites (N-methyl/N-ethyl adjacent to an activating group) is 1. The summed E-state index contributed by atoms with van der Waals surface area (Å²) in [5.74, 6) is 0.823. The van der Waals surface area contributed by atoms with Crippen LogP contribution in [0.3, 0.4) is 0 Å². The van der Waals surface area contributed by atoms with E-state index in [4.69, 9.17) is 22.1 Å². The van der Waals surface area contributed by atoms with Crippen molar-refractivity contribution in [3.63, 3.8) is 0 Å². The van der Waals surface area contributed by atoms with Crippen molar-refractivity contribution in [2.75, 3.05) is 32.8 Å². The van der Waals surface area contributed by atoms with E-state index >= 15 is 0 Å². The van der Waals surface area contributed by atoms with Crippen molar-refractivity contribution in [3.8, 4) is 5.75 Å². The van der Waals surface area contributed by atoms with E-state index in [1.165, 1.54) is 0 Å². The molecule has 0 unspecified atom stereocenters. The van der Waals surface area contributed by atoms with Crippen LogP contribution in [0, 0.1) is 5.41 Å². The van der Waals surface area contributed by atoms with Crippen molar-refractivity contribution in [2.24, 2.45) is 11.1 Å². The van der Waals surface area contributed by atoms with Crippen molar-refractivity contribution < 1.29 is 4.74 Å². The summed E-state index contributed by atoms with van der Waals surface area (Å²) in [7, 11) is 0. The van der Waals surface area contributed by atoms with E-state index in [0.717, 1.165) is 29.9 Å². The molecule has 0 radical (unpaired) electrons. The third kappa shape index (κ3) is 6.00. The standard InChI is InChI=1S/C15H24BrClN2O/c1-4-19(11-15(2,3)10-18)7-8-20-14-6-5-12(17)9-13(14)16/h5-6,9H,4,7-8,10-11,18H2,1-3H3. The van der Waals surface area contributed by atoms with Crippen molar-refractivity contribution in [2.45, 2.75) is 20.8 Å². The molecule has 2 N–H and O–H groups in total. The molecule has 0 fully saturated rings. The van der Waals surface area contributed by atoms with E-state index in [2.05, 4.69) is 41.6 Å². The fourth-order valence-corrected chi connectivity index (χ4v) is 2.69. The van der Waals surface area contributed by atoms with Crippen LogP contribution in [0.2, 0.25) is 5.02 Å². The maximum absolute atomic E-state index is 5.91. The molecule has 1 aromatic carbocycles. The lowest BCUT2D eigenvalue weighted by Crippen LogP contribution is -2.40. The zero-order valence-corrected chi connectivity index (χ0v) is 14.8. The number of halogens is 2. The van der Waals surface area contributed by atoms with Crippen LogP contribution < -0.4 is 10.5 Å². The summed E-state index contributed by atoms with van der Waals surface area (Å²) in [5, 5.41) is 0.698. The van der Waals surface area contributed by atoms with E-state index in [9.17, 15) is 0 Å². The summed E-state index contributed by atoms with van der Waals surface area (Å²) in [6.45, 7) is 10.7. The Bertz CT molecular complexity index is 426. The van der Waals surface area contributed by atoms with Gasteiger partial charge in [-0.25, -0.2) is 0 Å². The predicted molar refractivity (Wildman–Crippen MR) is 89.6 cm³/mol. The fourth-order valence-electron chi connectivity index (χ4n) is 1.90. The van der Waals surface area contributed by atoms with Gasteiger partial charge in [-0.3, -0.25) is 4.90 Å². The van der Waals surface area contributed by atoms with E-state index in [0.29, 0.717) is 18.2 Å². The van der Waals surface area contributed by atoms with Crippen LogP contribution in [0.5, 0.6) is 5.75 Å². The van der Waals surface area contributed by atoms with Crippen molar-refractivity contribution in [1.82, 2.24) is 4.90 Å². The van der Waals surface area contributed by atoms with Gasteiger partial charge < -0.3 is 10.5 Å². The minimum Gasteiger partial charge on any atom is -0.491 e. The molecule has 1 aromatic rings. The summed E-state index contributed by atoms with van der Waals surface area (Å²) in [6, 6.07) is 5.55. The molecule has 0 heterocycles. The monoisotopic (exact) mass is 362 g/mol. The molecule has 0 aromatic heterocycles. The van der Waals surface area contributed by atoms with Gasteiger partial charge in [0.2, 0.25) is 0 Å². The summed E-state index contributed by atoms with van der Waals surface area (Å²) < 4.78 is 6.68. The van der Waals surface area contributed by atoms with Crippen LogP contribution >= 0.6 is 27.5 Å². The van der Waals surface area contributed by atoms with Gasteiger partial charge in [0.15, 0.2) is 0 Å². The SMILES string of the molecule is CCN(CCOc1ccc(Cl)cc1Br)CC(C)(C)CN. The smallest absolute Gasteiger partial charge is 0.133 e. The second kappa shape index (κ2) is 8.23. The Morgan fingerprint density at radius 3 is 2.65 bits per heavy atom. The third-order valence-electron chi connectivity index (χ3n) is 3.21. The number of hydrogen-bond acceptors (Lipinski definition) is 3. The average molecular weight is 364 g/mol. The third-order valence-corrected chi connectivity index (χ3v) is 4.07. The van der Waals surface area contributed by atoms with E-state index in [1.54, 1.807) is 0 Å². The Balaban J connectivity index is 2.45. The van der Waals surface area contributed by atoms with Gasteiger partial charge in [0.25, 0.3) is 0 Å². The summed E-state index contributed by atoms with van der Waals surface area (Å²) in [6.07, 6.45) is 0. The first-order valence-corrected chi connectivity index (χ1v) is 8.05. The Labute approximate surface area is 135 Å². The molecule has 3 nitrogen and oxygen atoms in total. The molecule has 0 atom stereocenters. The van der Waals surface area contributed by atoms with Crippen LogP contribution in [0.15, 0.2) is 22.7 Å². The van der Waals surface area contributed by atoms with Gasteiger partial charge >= 0.3 is 0 Å². The number of hydrogen-bond donors (Lipinski definition) is 1. The van der Waals surface area contributed by atoms with Crippen LogP contribution in [-0.2, 0) is 0 Å². The highest BCUT2D eigenvalue weighted by molar-refractivity contribution is 9.10. The average Bonchev–Trinajstić information content (AvgIpc) is 2.40. The van der Waals surface area contributed by atoms with Crippen LogP contribution in [0.4, 0.5) is 0 Å². The van der Waals surface area contributed by atoms with Gasteiger partial charge in [-0.15, -0.1) is 0 Å². The van der Waals surface area contributed by atoms with E-state index in [-0.39, 0.29) is 5.41 Å². The second-order valence-electron chi connectivity index (χ2n) is 5.66. The van der Waals surface area contributed by atoms with Gasteiger partial charge in [0.1, 0.15) is 12.4 Å². The van der Waals surface area contributed by atoms with Gasteiger partial charge in [-0.2, -0.15) is 0 Å². The van der Waals surface area contributed by atoms with E-state index in [1.807, 2.05) is 18.2 Å².